The number of allylic oxidation sites excluding steroid dienone is 8. The Bertz CT molecular complexity index is 1220. The van der Waals surface area contributed by atoms with Gasteiger partial charge in [-0.15, -0.1) is 12.8 Å². The number of hydrogen-bond donors (Lipinski definition) is 0. The molecule has 0 saturated carbocycles. The van der Waals surface area contributed by atoms with E-state index in [1.807, 2.05) is 98.0 Å². The van der Waals surface area contributed by atoms with Crippen molar-refractivity contribution in [2.24, 2.45) is 7.05 Å². The van der Waals surface area contributed by atoms with Crippen molar-refractivity contribution in [1.29, 1.82) is 5.26 Å². The number of hydrogen-bond acceptors (Lipinski definition) is 2. The van der Waals surface area contributed by atoms with Gasteiger partial charge >= 0.3 is 17.1 Å². The summed E-state index contributed by atoms with van der Waals surface area (Å²) in [5.41, 5.74) is 1.94. The zero-order chi connectivity index (χ0) is 19.8. The monoisotopic (exact) mass is 418 g/mol. The summed E-state index contributed by atoms with van der Waals surface area (Å²) in [6, 6.07) is 9.81. The van der Waals surface area contributed by atoms with Crippen molar-refractivity contribution < 1.29 is 17.1 Å². The van der Waals surface area contributed by atoms with Gasteiger partial charge < -0.3 is 9.98 Å². The number of nitrogens with zero attached hydrogens (tertiary/aromatic N) is 4. The van der Waals surface area contributed by atoms with Gasteiger partial charge in [0.15, 0.2) is 5.69 Å². The van der Waals surface area contributed by atoms with E-state index in [2.05, 4.69) is 11.1 Å². The van der Waals surface area contributed by atoms with Crippen molar-refractivity contribution in [1.82, 2.24) is 9.55 Å². The summed E-state index contributed by atoms with van der Waals surface area (Å²) in [7, 11) is 1.74. The first-order valence-electron chi connectivity index (χ1n) is 8.76. The third-order valence-electron chi connectivity index (χ3n) is 4.19. The Morgan fingerprint density at radius 1 is 1.10 bits per heavy atom. The summed E-state index contributed by atoms with van der Waals surface area (Å²) >= 11 is 0. The van der Waals surface area contributed by atoms with Gasteiger partial charge in [-0.3, -0.25) is 0 Å². The molecule has 0 spiro atoms. The van der Waals surface area contributed by atoms with E-state index in [1.54, 1.807) is 11.6 Å². The second-order valence-corrected chi connectivity index (χ2v) is 6.05. The molecule has 1 aromatic heterocycles. The van der Waals surface area contributed by atoms with E-state index in [-0.39, 0.29) is 28.1 Å². The largest absolute Gasteiger partial charge is 2.00 e. The van der Waals surface area contributed by atoms with Crippen LogP contribution in [0.25, 0.3) is 11.5 Å². The molecule has 0 N–H and O–H groups in total. The number of benzene rings is 1. The minimum atomic E-state index is 0. The Hall–Kier alpha value is -3.28. The quantitative estimate of drug-likeness (QED) is 0.406. The van der Waals surface area contributed by atoms with E-state index in [4.69, 9.17) is 10.7 Å². The third kappa shape index (κ3) is 5.60. The van der Waals surface area contributed by atoms with Crippen LogP contribution in [0.3, 0.4) is 0 Å². The van der Waals surface area contributed by atoms with E-state index in [0.29, 0.717) is 5.48 Å². The Morgan fingerprint density at radius 2 is 1.83 bits per heavy atom. The van der Waals surface area contributed by atoms with Gasteiger partial charge in [0.1, 0.15) is 11.5 Å². The van der Waals surface area contributed by atoms with Crippen LogP contribution in [0.2, 0.25) is 0 Å². The molecule has 142 valence electrons. The zero-order valence-electron chi connectivity index (χ0n) is 15.8. The van der Waals surface area contributed by atoms with Crippen molar-refractivity contribution >= 4 is 11.9 Å². The summed E-state index contributed by atoms with van der Waals surface area (Å²) < 4.78 is 1.65. The standard InChI is InChI=1S/C19H13N4.C5H5.Fe/c1-23-18(13-21)17(12-20)22-19(23)16-10-8-15(9-11-16)7-6-14-4-2-3-5-14;1-2-4-5-3-1;/h2-11H,1H3;1-5H;/q2*-1;+2. The van der Waals surface area contributed by atoms with Gasteiger partial charge in [-0.25, -0.2) is 29.4 Å². The molecule has 1 aromatic carbocycles. The molecule has 2 aromatic rings. The van der Waals surface area contributed by atoms with Crippen molar-refractivity contribution in [2.75, 3.05) is 0 Å². The molecule has 0 fully saturated rings. The van der Waals surface area contributed by atoms with Crippen molar-refractivity contribution in [3.8, 4) is 6.07 Å². The minimum absolute atomic E-state index is 0. The van der Waals surface area contributed by atoms with E-state index in [9.17, 15) is 0 Å². The maximum absolute atomic E-state index is 9.12. The van der Waals surface area contributed by atoms with Gasteiger partial charge in [0.2, 0.25) is 0 Å². The Kier molecular flexibility index (Phi) is 8.27. The molecule has 0 atom stereocenters. The zero-order valence-corrected chi connectivity index (χ0v) is 16.9. The van der Waals surface area contributed by atoms with Gasteiger partial charge in [-0.1, -0.05) is 60.7 Å². The Morgan fingerprint density at radius 3 is 2.31 bits per heavy atom. The fourth-order valence-electron chi connectivity index (χ4n) is 2.72. The van der Waals surface area contributed by atoms with E-state index in [1.165, 1.54) is 0 Å². The van der Waals surface area contributed by atoms with Crippen molar-refractivity contribution in [2.45, 2.75) is 0 Å². The Labute approximate surface area is 180 Å². The molecule has 0 saturated heterocycles. The van der Waals surface area contributed by atoms with Crippen LogP contribution < -0.4 is 10.6 Å². The van der Waals surface area contributed by atoms with Crippen molar-refractivity contribution in [3.05, 3.63) is 124 Å². The summed E-state index contributed by atoms with van der Waals surface area (Å²) in [5, 5.41) is 20.4. The fraction of sp³-hybridized carbons (Fsp3) is 0.0417. The van der Waals surface area contributed by atoms with Crippen LogP contribution in [0.1, 0.15) is 5.69 Å². The fourth-order valence-corrected chi connectivity index (χ4v) is 2.72. The molecule has 2 aliphatic rings. The normalized spacial score (nSPS) is 12.9. The van der Waals surface area contributed by atoms with Crippen molar-refractivity contribution in [3.63, 3.8) is 0 Å². The first-order chi connectivity index (χ1) is 13.7. The number of rotatable bonds is 1. The van der Waals surface area contributed by atoms with Crippen LogP contribution in [0.15, 0.2) is 72.4 Å². The summed E-state index contributed by atoms with van der Waals surface area (Å²) in [5.74, 6) is 2.02. The van der Waals surface area contributed by atoms with Crippen LogP contribution in [0.4, 0.5) is 0 Å². The molecule has 0 bridgehead atoms. The molecule has 5 heteroatoms. The van der Waals surface area contributed by atoms with Gasteiger partial charge in [-0.2, -0.15) is 5.26 Å². The second kappa shape index (κ2) is 10.9. The molecule has 0 amide bonds. The average Bonchev–Trinajstić information content (AvgIpc) is 3.49. The molecule has 4 rings (SSSR count). The van der Waals surface area contributed by atoms with Crippen LogP contribution in [0, 0.1) is 41.3 Å². The molecule has 29 heavy (non-hydrogen) atoms. The molecule has 4 nitrogen and oxygen atoms in total. The van der Waals surface area contributed by atoms with E-state index >= 15 is 0 Å². The van der Waals surface area contributed by atoms with Crippen LogP contribution in [-0.4, -0.2) is 15.4 Å². The first kappa shape index (κ1) is 22.0. The summed E-state index contributed by atoms with van der Waals surface area (Å²) in [4.78, 5) is 4.25. The minimum Gasteiger partial charge on any atom is -0.761 e. The number of aromatic nitrogens is 2. The van der Waals surface area contributed by atoms with E-state index in [0.717, 1.165) is 16.0 Å². The molecule has 1 heterocycles. The molecule has 2 radical (unpaired) electrons. The predicted octanol–water partition coefficient (Wildman–Crippen LogP) is 2.49. The molecular formula is C24H18FeN4. The molecular weight excluding hydrogens is 400 g/mol. The van der Waals surface area contributed by atoms with Crippen LogP contribution >= 0.6 is 0 Å². The number of imidazole rings is 1. The topological polar surface area (TPSA) is 63.9 Å². The van der Waals surface area contributed by atoms with Crippen LogP contribution in [-0.2, 0) is 24.1 Å². The van der Waals surface area contributed by atoms with Gasteiger partial charge in [0.25, 0.3) is 0 Å². The second-order valence-electron chi connectivity index (χ2n) is 6.05. The third-order valence-corrected chi connectivity index (χ3v) is 4.19. The maximum atomic E-state index is 9.12. The smallest absolute Gasteiger partial charge is 0.761 e. The Balaban J connectivity index is 0.000000437. The van der Waals surface area contributed by atoms with E-state index < -0.39 is 0 Å². The average molecular weight is 418 g/mol. The maximum Gasteiger partial charge on any atom is 2.00 e. The van der Waals surface area contributed by atoms with Crippen LogP contribution in [0.5, 0.6) is 0 Å². The molecule has 0 aliphatic heterocycles. The molecule has 0 unspecified atom stereocenters. The first-order valence-corrected chi connectivity index (χ1v) is 8.76. The van der Waals surface area contributed by atoms with Gasteiger partial charge in [0, 0.05) is 12.3 Å². The van der Waals surface area contributed by atoms with Gasteiger partial charge in [0.05, 0.1) is 5.35 Å². The molecule has 2 aliphatic carbocycles. The predicted molar refractivity (Wildman–Crippen MR) is 112 cm³/mol. The summed E-state index contributed by atoms with van der Waals surface area (Å²) in [6.45, 7) is 0. The van der Waals surface area contributed by atoms with Gasteiger partial charge in [-0.05, 0) is 10.8 Å². The SMILES string of the molecule is Cn1c(=c2ccc(=CC=C3C=CC=C3)cc2)nc(C#N)c1=C=[N-].[CH]1[CH][CH-]C=C1.[Fe+2]. The number of nitriles is 1. The summed E-state index contributed by atoms with van der Waals surface area (Å²) in [6.07, 6.45) is 22.2.